The van der Waals surface area contributed by atoms with E-state index in [9.17, 15) is 4.79 Å². The van der Waals surface area contributed by atoms with Gasteiger partial charge in [0.1, 0.15) is 0 Å². The average Bonchev–Trinajstić information content (AvgIpc) is 2.69. The maximum atomic E-state index is 12.8. The Kier molecular flexibility index (Phi) is 4.50. The number of aryl methyl sites for hydroxylation is 1. The summed E-state index contributed by atoms with van der Waals surface area (Å²) in [5, 5.41) is 0. The second kappa shape index (κ2) is 7.09. The maximum Gasteiger partial charge on any atom is 0.242 e. The lowest BCUT2D eigenvalue weighted by molar-refractivity contribution is -0.130. The summed E-state index contributed by atoms with van der Waals surface area (Å²) in [6, 6.07) is 10.3. The summed E-state index contributed by atoms with van der Waals surface area (Å²) >= 11 is 0. The maximum absolute atomic E-state index is 12.8. The zero-order valence-electron chi connectivity index (χ0n) is 14.3. The van der Waals surface area contributed by atoms with Crippen LogP contribution in [0.5, 0.6) is 0 Å². The third kappa shape index (κ3) is 3.43. The van der Waals surface area contributed by atoms with Gasteiger partial charge in [0, 0.05) is 50.8 Å². The van der Waals surface area contributed by atoms with Gasteiger partial charge in [-0.1, -0.05) is 18.2 Å². The van der Waals surface area contributed by atoms with E-state index in [1.54, 1.807) is 12.4 Å². The van der Waals surface area contributed by atoms with E-state index in [1.807, 2.05) is 11.0 Å². The molecule has 1 fully saturated rings. The van der Waals surface area contributed by atoms with Crippen molar-refractivity contribution in [3.05, 3.63) is 48.3 Å². The number of hydrogen-bond donors (Lipinski definition) is 0. The third-order valence-electron chi connectivity index (χ3n) is 5.00. The first-order chi connectivity index (χ1) is 12.3. The van der Waals surface area contributed by atoms with Crippen LogP contribution in [0.3, 0.4) is 0 Å². The number of rotatable bonds is 3. The Morgan fingerprint density at radius 2 is 1.72 bits per heavy atom. The molecule has 0 atom stereocenters. The van der Waals surface area contributed by atoms with Crippen molar-refractivity contribution in [2.45, 2.75) is 12.8 Å². The number of benzene rings is 1. The van der Waals surface area contributed by atoms with Gasteiger partial charge in [0.25, 0.3) is 0 Å². The van der Waals surface area contributed by atoms with Gasteiger partial charge < -0.3 is 14.7 Å². The molecule has 0 aliphatic carbocycles. The fourth-order valence-electron chi connectivity index (χ4n) is 3.65. The van der Waals surface area contributed by atoms with Crippen LogP contribution in [0.1, 0.15) is 12.0 Å². The standard InChI is InChI=1S/C19H23N5O/c25-18(15-24-10-3-6-16-5-1-2-7-17(16)24)22-11-13-23(14-12-22)19-20-8-4-9-21-19/h1-2,4-5,7-9H,3,6,10-15H2. The Morgan fingerprint density at radius 3 is 2.52 bits per heavy atom. The number of anilines is 2. The molecular weight excluding hydrogens is 314 g/mol. The van der Waals surface area contributed by atoms with E-state index in [0.29, 0.717) is 6.54 Å². The van der Waals surface area contributed by atoms with Crippen LogP contribution in [0.25, 0.3) is 0 Å². The molecule has 1 aromatic carbocycles. The summed E-state index contributed by atoms with van der Waals surface area (Å²) < 4.78 is 0. The smallest absolute Gasteiger partial charge is 0.242 e. The molecule has 25 heavy (non-hydrogen) atoms. The van der Waals surface area contributed by atoms with Gasteiger partial charge in [0.15, 0.2) is 0 Å². The van der Waals surface area contributed by atoms with Crippen LogP contribution >= 0.6 is 0 Å². The van der Waals surface area contributed by atoms with E-state index < -0.39 is 0 Å². The van der Waals surface area contributed by atoms with Gasteiger partial charge in [-0.3, -0.25) is 4.79 Å². The lowest BCUT2D eigenvalue weighted by Crippen LogP contribution is -2.52. The highest BCUT2D eigenvalue weighted by Crippen LogP contribution is 2.26. The monoisotopic (exact) mass is 337 g/mol. The van der Waals surface area contributed by atoms with Crippen LogP contribution in [-0.2, 0) is 11.2 Å². The summed E-state index contributed by atoms with van der Waals surface area (Å²) in [5.41, 5.74) is 2.58. The lowest BCUT2D eigenvalue weighted by Gasteiger charge is -2.37. The van der Waals surface area contributed by atoms with Gasteiger partial charge in [-0.05, 0) is 30.5 Å². The molecular formula is C19H23N5O. The Balaban J connectivity index is 1.36. The van der Waals surface area contributed by atoms with Crippen LogP contribution in [0, 0.1) is 0 Å². The minimum absolute atomic E-state index is 0.213. The first-order valence-electron chi connectivity index (χ1n) is 8.94. The van der Waals surface area contributed by atoms with Crippen molar-refractivity contribution < 1.29 is 4.79 Å². The zero-order chi connectivity index (χ0) is 17.1. The summed E-state index contributed by atoms with van der Waals surface area (Å²) in [6.45, 7) is 4.46. The van der Waals surface area contributed by atoms with Crippen LogP contribution in [-0.4, -0.2) is 60.0 Å². The highest BCUT2D eigenvalue weighted by atomic mass is 16.2. The first-order valence-corrected chi connectivity index (χ1v) is 8.94. The van der Waals surface area contributed by atoms with E-state index in [1.165, 1.54) is 11.3 Å². The molecule has 0 saturated carbocycles. The first kappa shape index (κ1) is 15.9. The SMILES string of the molecule is O=C(CN1CCCc2ccccc21)N1CCN(c2ncccn2)CC1. The molecule has 0 N–H and O–H groups in total. The largest absolute Gasteiger partial charge is 0.362 e. The summed E-state index contributed by atoms with van der Waals surface area (Å²) in [5.74, 6) is 0.963. The summed E-state index contributed by atoms with van der Waals surface area (Å²) in [4.78, 5) is 27.7. The van der Waals surface area contributed by atoms with Crippen molar-refractivity contribution in [2.75, 3.05) is 49.1 Å². The van der Waals surface area contributed by atoms with E-state index in [-0.39, 0.29) is 5.91 Å². The van der Waals surface area contributed by atoms with Crippen LogP contribution < -0.4 is 9.80 Å². The van der Waals surface area contributed by atoms with E-state index >= 15 is 0 Å². The minimum atomic E-state index is 0.213. The van der Waals surface area contributed by atoms with Gasteiger partial charge in [-0.15, -0.1) is 0 Å². The molecule has 0 bridgehead atoms. The van der Waals surface area contributed by atoms with Crippen molar-refractivity contribution in [3.8, 4) is 0 Å². The Hall–Kier alpha value is -2.63. The fourth-order valence-corrected chi connectivity index (χ4v) is 3.65. The molecule has 2 aliphatic rings. The molecule has 6 nitrogen and oxygen atoms in total. The Morgan fingerprint density at radius 1 is 0.960 bits per heavy atom. The molecule has 6 heteroatoms. The second-order valence-electron chi connectivity index (χ2n) is 6.57. The number of carbonyl (C=O) groups excluding carboxylic acids is 1. The van der Waals surface area contributed by atoms with Crippen molar-refractivity contribution in [2.24, 2.45) is 0 Å². The predicted molar refractivity (Wildman–Crippen MR) is 97.8 cm³/mol. The fraction of sp³-hybridized carbons (Fsp3) is 0.421. The Labute approximate surface area is 148 Å². The topological polar surface area (TPSA) is 52.6 Å². The van der Waals surface area contributed by atoms with Crippen LogP contribution in [0.15, 0.2) is 42.7 Å². The number of aromatic nitrogens is 2. The summed E-state index contributed by atoms with van der Waals surface area (Å²) in [7, 11) is 0. The van der Waals surface area contributed by atoms with Crippen LogP contribution in [0.4, 0.5) is 11.6 Å². The highest BCUT2D eigenvalue weighted by Gasteiger charge is 2.25. The molecule has 2 aliphatic heterocycles. The molecule has 0 unspecified atom stereocenters. The van der Waals surface area contributed by atoms with Crippen molar-refractivity contribution in [1.82, 2.24) is 14.9 Å². The third-order valence-corrected chi connectivity index (χ3v) is 5.00. The van der Waals surface area contributed by atoms with Crippen molar-refractivity contribution >= 4 is 17.5 Å². The average molecular weight is 337 g/mol. The summed E-state index contributed by atoms with van der Waals surface area (Å²) in [6.07, 6.45) is 5.74. The van der Waals surface area contributed by atoms with E-state index in [4.69, 9.17) is 0 Å². The number of amides is 1. The van der Waals surface area contributed by atoms with Crippen molar-refractivity contribution in [1.29, 1.82) is 0 Å². The van der Waals surface area contributed by atoms with Crippen molar-refractivity contribution in [3.63, 3.8) is 0 Å². The van der Waals surface area contributed by atoms with Gasteiger partial charge in [0.2, 0.25) is 11.9 Å². The number of para-hydroxylation sites is 1. The molecule has 0 spiro atoms. The van der Waals surface area contributed by atoms with E-state index in [2.05, 4.69) is 44.0 Å². The molecule has 3 heterocycles. The number of hydrogen-bond acceptors (Lipinski definition) is 5. The predicted octanol–water partition coefficient (Wildman–Crippen LogP) is 1.58. The minimum Gasteiger partial charge on any atom is -0.362 e. The molecule has 4 rings (SSSR count). The van der Waals surface area contributed by atoms with Gasteiger partial charge >= 0.3 is 0 Å². The highest BCUT2D eigenvalue weighted by molar-refractivity contribution is 5.82. The molecule has 0 radical (unpaired) electrons. The number of carbonyl (C=O) groups is 1. The Bertz CT molecular complexity index is 728. The molecule has 2 aromatic rings. The quantitative estimate of drug-likeness (QED) is 0.851. The van der Waals surface area contributed by atoms with E-state index in [0.717, 1.165) is 51.5 Å². The zero-order valence-corrected chi connectivity index (χ0v) is 14.3. The van der Waals surface area contributed by atoms with Crippen LogP contribution in [0.2, 0.25) is 0 Å². The molecule has 1 amide bonds. The number of piperazine rings is 1. The molecule has 130 valence electrons. The van der Waals surface area contributed by atoms with Gasteiger partial charge in [-0.25, -0.2) is 9.97 Å². The molecule has 1 aromatic heterocycles. The number of fused-ring (bicyclic) bond motifs is 1. The van der Waals surface area contributed by atoms with Gasteiger partial charge in [-0.2, -0.15) is 0 Å². The number of nitrogens with zero attached hydrogens (tertiary/aromatic N) is 5. The molecule has 1 saturated heterocycles. The normalized spacial score (nSPS) is 17.4. The lowest BCUT2D eigenvalue weighted by atomic mass is 10.0. The van der Waals surface area contributed by atoms with Gasteiger partial charge in [0.05, 0.1) is 6.54 Å². The second-order valence-corrected chi connectivity index (χ2v) is 6.57.